The molecule has 0 saturated carbocycles. The van der Waals surface area contributed by atoms with Crippen LogP contribution in [0, 0.1) is 0 Å². The van der Waals surface area contributed by atoms with E-state index >= 15 is 0 Å². The normalized spacial score (nSPS) is 12.1. The highest BCUT2D eigenvalue weighted by Gasteiger charge is 2.15. The lowest BCUT2D eigenvalue weighted by molar-refractivity contribution is 0.151. The topological polar surface area (TPSA) is 47.0 Å². The Balaban J connectivity index is 3.35. The summed E-state index contributed by atoms with van der Waals surface area (Å²) in [6, 6.07) is 1.95. The maximum atomic E-state index is 12.3. The van der Waals surface area contributed by atoms with E-state index in [4.69, 9.17) is 0 Å². The first-order valence-electron chi connectivity index (χ1n) is 3.46. The Labute approximate surface area is 88.2 Å². The molecular formula is C7H6BrF2NO2S. The molecule has 0 fully saturated rings. The summed E-state index contributed by atoms with van der Waals surface area (Å²) in [5.41, 5.74) is -0.368. The van der Waals surface area contributed by atoms with Crippen molar-refractivity contribution in [3.05, 3.63) is 22.3 Å². The summed E-state index contributed by atoms with van der Waals surface area (Å²) in [6.45, 7) is 0. The highest BCUT2D eigenvalue weighted by molar-refractivity contribution is 9.10. The fourth-order valence-electron chi connectivity index (χ4n) is 0.808. The van der Waals surface area contributed by atoms with Crippen LogP contribution in [-0.2, 0) is 9.84 Å². The number of sulfone groups is 1. The minimum absolute atomic E-state index is 0.0794. The lowest BCUT2D eigenvalue weighted by Crippen LogP contribution is -2.02. The van der Waals surface area contributed by atoms with Gasteiger partial charge in [0.05, 0.1) is 0 Å². The van der Waals surface area contributed by atoms with Gasteiger partial charge in [-0.05, 0) is 28.1 Å². The lowest BCUT2D eigenvalue weighted by atomic mass is 10.3. The van der Waals surface area contributed by atoms with Gasteiger partial charge in [0.15, 0.2) is 14.9 Å². The molecule has 1 heterocycles. The van der Waals surface area contributed by atoms with Crippen LogP contribution in [0.3, 0.4) is 0 Å². The van der Waals surface area contributed by atoms with Crippen molar-refractivity contribution in [2.45, 2.75) is 11.5 Å². The number of rotatable bonds is 2. The van der Waals surface area contributed by atoms with Gasteiger partial charge in [0.25, 0.3) is 6.43 Å². The van der Waals surface area contributed by atoms with Crippen molar-refractivity contribution in [1.82, 2.24) is 4.98 Å². The molecule has 0 unspecified atom stereocenters. The Morgan fingerprint density at radius 3 is 2.43 bits per heavy atom. The van der Waals surface area contributed by atoms with Crippen LogP contribution in [0.2, 0.25) is 0 Å². The van der Waals surface area contributed by atoms with E-state index in [1.807, 2.05) is 0 Å². The van der Waals surface area contributed by atoms with Crippen molar-refractivity contribution < 1.29 is 17.2 Å². The van der Waals surface area contributed by atoms with Gasteiger partial charge in [-0.15, -0.1) is 0 Å². The monoisotopic (exact) mass is 285 g/mol. The summed E-state index contributed by atoms with van der Waals surface area (Å²) in [5.74, 6) is 0. The molecule has 7 heteroatoms. The molecule has 0 amide bonds. The number of halogens is 3. The van der Waals surface area contributed by atoms with E-state index in [0.717, 1.165) is 18.4 Å². The molecule has 0 N–H and O–H groups in total. The molecular weight excluding hydrogens is 280 g/mol. The van der Waals surface area contributed by atoms with Crippen LogP contribution in [-0.4, -0.2) is 19.7 Å². The average Bonchev–Trinajstić information content (AvgIpc) is 2.01. The number of aromatic nitrogens is 1. The molecule has 14 heavy (non-hydrogen) atoms. The first-order valence-corrected chi connectivity index (χ1v) is 6.15. The Morgan fingerprint density at radius 2 is 2.00 bits per heavy atom. The highest BCUT2D eigenvalue weighted by atomic mass is 79.9. The van der Waals surface area contributed by atoms with Gasteiger partial charge in [-0.3, -0.25) is 0 Å². The van der Waals surface area contributed by atoms with Crippen LogP contribution in [0.25, 0.3) is 0 Å². The Kier molecular flexibility index (Phi) is 3.20. The first-order chi connectivity index (χ1) is 6.30. The highest BCUT2D eigenvalue weighted by Crippen LogP contribution is 2.23. The third kappa shape index (κ3) is 2.71. The maximum absolute atomic E-state index is 12.3. The van der Waals surface area contributed by atoms with Gasteiger partial charge in [0, 0.05) is 11.8 Å². The number of hydrogen-bond donors (Lipinski definition) is 0. The zero-order valence-corrected chi connectivity index (χ0v) is 9.44. The van der Waals surface area contributed by atoms with Crippen molar-refractivity contribution in [3.63, 3.8) is 0 Å². The van der Waals surface area contributed by atoms with Gasteiger partial charge in [-0.2, -0.15) is 0 Å². The van der Waals surface area contributed by atoms with E-state index in [1.165, 1.54) is 0 Å². The third-order valence-electron chi connectivity index (χ3n) is 1.42. The summed E-state index contributed by atoms with van der Waals surface area (Å²) in [4.78, 5) is 3.58. The lowest BCUT2D eigenvalue weighted by Gasteiger charge is -2.03. The Bertz CT molecular complexity index is 447. The SMILES string of the molecule is CS(=O)(=O)c1cc(C(F)F)cc(Br)n1. The minimum atomic E-state index is -3.56. The molecule has 78 valence electrons. The first kappa shape index (κ1) is 11.5. The third-order valence-corrected chi connectivity index (χ3v) is 2.80. The molecule has 0 atom stereocenters. The van der Waals surface area contributed by atoms with Gasteiger partial charge < -0.3 is 0 Å². The van der Waals surface area contributed by atoms with Gasteiger partial charge >= 0.3 is 0 Å². The van der Waals surface area contributed by atoms with Crippen molar-refractivity contribution >= 4 is 25.8 Å². The fraction of sp³-hybridized carbons (Fsp3) is 0.286. The van der Waals surface area contributed by atoms with E-state index in [1.54, 1.807) is 0 Å². The molecule has 0 radical (unpaired) electrons. The largest absolute Gasteiger partial charge is 0.264 e. The molecule has 0 bridgehead atoms. The van der Waals surface area contributed by atoms with Crippen LogP contribution in [0.5, 0.6) is 0 Å². The smallest absolute Gasteiger partial charge is 0.229 e. The van der Waals surface area contributed by atoms with Crippen LogP contribution in [0.15, 0.2) is 21.8 Å². The number of pyridine rings is 1. The standard InChI is InChI=1S/C7H6BrF2NO2S/c1-14(12,13)6-3-4(7(9)10)2-5(8)11-6/h2-3,7H,1H3. The van der Waals surface area contributed by atoms with Crippen molar-refractivity contribution in [1.29, 1.82) is 0 Å². The maximum Gasteiger partial charge on any atom is 0.264 e. The quantitative estimate of drug-likeness (QED) is 0.783. The van der Waals surface area contributed by atoms with Crippen LogP contribution >= 0.6 is 15.9 Å². The van der Waals surface area contributed by atoms with Crippen LogP contribution in [0.4, 0.5) is 8.78 Å². The van der Waals surface area contributed by atoms with Gasteiger partial charge in [0.1, 0.15) is 4.60 Å². The van der Waals surface area contributed by atoms with Crippen LogP contribution < -0.4 is 0 Å². The predicted octanol–water partition coefficient (Wildman–Crippen LogP) is 2.19. The second-order valence-electron chi connectivity index (χ2n) is 2.63. The molecule has 0 spiro atoms. The number of nitrogens with zero attached hydrogens (tertiary/aromatic N) is 1. The van der Waals surface area contributed by atoms with Gasteiger partial charge in [-0.1, -0.05) is 0 Å². The van der Waals surface area contributed by atoms with E-state index < -0.39 is 16.3 Å². The molecule has 0 saturated heterocycles. The molecule has 1 rings (SSSR count). The molecule has 1 aromatic heterocycles. The van der Waals surface area contributed by atoms with Crippen molar-refractivity contribution in [2.24, 2.45) is 0 Å². The summed E-state index contributed by atoms with van der Waals surface area (Å²) in [7, 11) is -3.56. The molecule has 0 aliphatic rings. The molecule has 0 aliphatic heterocycles. The van der Waals surface area contributed by atoms with Gasteiger partial charge in [-0.25, -0.2) is 22.2 Å². The van der Waals surface area contributed by atoms with E-state index in [0.29, 0.717) is 0 Å². The summed E-state index contributed by atoms with van der Waals surface area (Å²) >= 11 is 2.86. The summed E-state index contributed by atoms with van der Waals surface area (Å²) < 4.78 is 46.7. The number of alkyl halides is 2. The fourth-order valence-corrected chi connectivity index (χ4v) is 1.99. The van der Waals surface area contributed by atoms with E-state index in [9.17, 15) is 17.2 Å². The van der Waals surface area contributed by atoms with E-state index in [-0.39, 0.29) is 15.2 Å². The Hall–Kier alpha value is -0.560. The predicted molar refractivity (Wildman–Crippen MR) is 50.0 cm³/mol. The zero-order valence-electron chi connectivity index (χ0n) is 7.04. The number of hydrogen-bond acceptors (Lipinski definition) is 3. The van der Waals surface area contributed by atoms with Crippen LogP contribution in [0.1, 0.15) is 12.0 Å². The summed E-state index contributed by atoms with van der Waals surface area (Å²) in [6.07, 6.45) is -1.80. The minimum Gasteiger partial charge on any atom is -0.229 e. The Morgan fingerprint density at radius 1 is 1.43 bits per heavy atom. The molecule has 0 aromatic carbocycles. The van der Waals surface area contributed by atoms with Crippen molar-refractivity contribution in [2.75, 3.05) is 6.26 Å². The second kappa shape index (κ2) is 3.90. The molecule has 3 nitrogen and oxygen atoms in total. The second-order valence-corrected chi connectivity index (χ2v) is 5.41. The van der Waals surface area contributed by atoms with Crippen molar-refractivity contribution in [3.8, 4) is 0 Å². The zero-order chi connectivity index (χ0) is 10.9. The van der Waals surface area contributed by atoms with Gasteiger partial charge in [0.2, 0.25) is 0 Å². The summed E-state index contributed by atoms with van der Waals surface area (Å²) in [5, 5.41) is -0.359. The average molecular weight is 286 g/mol. The molecule has 0 aliphatic carbocycles. The van der Waals surface area contributed by atoms with E-state index in [2.05, 4.69) is 20.9 Å². The molecule has 1 aromatic rings.